The maximum atomic E-state index is 13.2. The van der Waals surface area contributed by atoms with E-state index < -0.39 is 24.0 Å². The molecule has 2 fully saturated rings. The Morgan fingerprint density at radius 3 is 2.73 bits per heavy atom. The summed E-state index contributed by atoms with van der Waals surface area (Å²) in [5.74, 6) is -0.121. The Kier molecular flexibility index (Phi) is 6.67. The molecule has 208 valence electrons. The van der Waals surface area contributed by atoms with Crippen LogP contribution in [0.4, 0.5) is 13.2 Å². The van der Waals surface area contributed by atoms with Crippen molar-refractivity contribution in [2.75, 3.05) is 13.1 Å². The van der Waals surface area contributed by atoms with Crippen LogP contribution < -0.4 is 4.74 Å². The summed E-state index contributed by atoms with van der Waals surface area (Å²) < 4.78 is 47.3. The van der Waals surface area contributed by atoms with Gasteiger partial charge >= 0.3 is 6.18 Å². The first-order valence-electron chi connectivity index (χ1n) is 13.1. The Morgan fingerprint density at radius 1 is 1.20 bits per heavy atom. The molecule has 0 atom stereocenters. The lowest BCUT2D eigenvalue weighted by Crippen LogP contribution is -2.58. The Labute approximate surface area is 227 Å². The number of nitrogens with zero attached hydrogens (tertiary/aromatic N) is 7. The van der Waals surface area contributed by atoms with E-state index in [0.717, 1.165) is 54.3 Å². The molecule has 2 N–H and O–H groups in total. The van der Waals surface area contributed by atoms with Crippen molar-refractivity contribution < 1.29 is 23.0 Å². The van der Waals surface area contributed by atoms with Gasteiger partial charge in [-0.05, 0) is 43.4 Å². The van der Waals surface area contributed by atoms with Crippen molar-refractivity contribution in [2.24, 2.45) is 0 Å². The molecule has 0 unspecified atom stereocenters. The average Bonchev–Trinajstić information content (AvgIpc) is 3.61. The van der Waals surface area contributed by atoms with Crippen LogP contribution in [0.3, 0.4) is 0 Å². The van der Waals surface area contributed by atoms with Crippen LogP contribution in [-0.4, -0.2) is 65.0 Å². The van der Waals surface area contributed by atoms with Crippen LogP contribution in [0.1, 0.15) is 43.4 Å². The number of halogens is 3. The van der Waals surface area contributed by atoms with Gasteiger partial charge in [0.05, 0.1) is 36.5 Å². The lowest BCUT2D eigenvalue weighted by molar-refractivity contribution is -0.141. The number of likely N-dealkylation sites (tertiary alicyclic amines) is 1. The summed E-state index contributed by atoms with van der Waals surface area (Å²) in [7, 11) is 0. The lowest BCUT2D eigenvalue weighted by Gasteiger charge is -2.52. The predicted octanol–water partition coefficient (Wildman–Crippen LogP) is 4.04. The number of nitriles is 1. The molecular formula is C27H27F3N8O2. The van der Waals surface area contributed by atoms with Crippen LogP contribution >= 0.6 is 0 Å². The Balaban J connectivity index is 1.09. The van der Waals surface area contributed by atoms with Gasteiger partial charge in [0.25, 0.3) is 0 Å². The quantitative estimate of drug-likeness (QED) is 0.352. The summed E-state index contributed by atoms with van der Waals surface area (Å²) in [6.07, 6.45) is 5.31. The summed E-state index contributed by atoms with van der Waals surface area (Å²) in [5.41, 5.74) is 1.02. The smallest absolute Gasteiger partial charge is 0.433 e. The average molecular weight is 553 g/mol. The molecule has 0 amide bonds. The van der Waals surface area contributed by atoms with E-state index in [2.05, 4.69) is 36.0 Å². The summed E-state index contributed by atoms with van der Waals surface area (Å²) in [6, 6.07) is 6.71. The van der Waals surface area contributed by atoms with Gasteiger partial charge in [0, 0.05) is 48.5 Å². The van der Waals surface area contributed by atoms with E-state index >= 15 is 0 Å². The molecule has 5 heterocycles. The molecule has 0 spiro atoms. The van der Waals surface area contributed by atoms with Gasteiger partial charge in [-0.1, -0.05) is 0 Å². The standard InChI is InChI=1S/C27H27F3N8O2/c28-27(29,30)22-9-17(15-39)10-23(36-22)40-20-2-7-37(8-3-20)19-11-26(12-19,4-5-31)38-14-18(13-35-38)24-21-1-6-32-25(21)34-16-33-24/h1,6,9-10,13-14,16,19-20,39H,2-4,7-8,11-12,15H2,(H,32,33,34). The monoisotopic (exact) mass is 552 g/mol. The summed E-state index contributed by atoms with van der Waals surface area (Å²) in [4.78, 5) is 17.7. The minimum Gasteiger partial charge on any atom is -0.474 e. The van der Waals surface area contributed by atoms with Gasteiger partial charge in [-0.3, -0.25) is 9.58 Å². The number of fused-ring (bicyclic) bond motifs is 1. The number of aromatic amines is 1. The van der Waals surface area contributed by atoms with Gasteiger partial charge in [0.2, 0.25) is 5.88 Å². The number of aromatic nitrogens is 6. The number of nitrogens with one attached hydrogen (secondary N) is 1. The zero-order chi connectivity index (χ0) is 27.9. The number of hydrogen-bond acceptors (Lipinski definition) is 8. The second-order valence-electron chi connectivity index (χ2n) is 10.5. The van der Waals surface area contributed by atoms with Crippen molar-refractivity contribution in [1.29, 1.82) is 5.26 Å². The fourth-order valence-electron chi connectivity index (χ4n) is 5.83. The zero-order valence-electron chi connectivity index (χ0n) is 21.5. The maximum Gasteiger partial charge on any atom is 0.433 e. The molecule has 0 aromatic carbocycles. The lowest BCUT2D eigenvalue weighted by atomic mass is 9.69. The summed E-state index contributed by atoms with van der Waals surface area (Å²) in [5, 5.41) is 24.5. The number of aliphatic hydroxyl groups is 1. The van der Waals surface area contributed by atoms with E-state index in [9.17, 15) is 23.5 Å². The fourth-order valence-corrected chi connectivity index (χ4v) is 5.83. The molecule has 0 bridgehead atoms. The summed E-state index contributed by atoms with van der Waals surface area (Å²) >= 11 is 0. The van der Waals surface area contributed by atoms with E-state index in [4.69, 9.17) is 4.74 Å². The largest absolute Gasteiger partial charge is 0.474 e. The number of alkyl halides is 3. The van der Waals surface area contributed by atoms with Crippen molar-refractivity contribution in [3.8, 4) is 23.2 Å². The highest BCUT2D eigenvalue weighted by atomic mass is 19.4. The first-order valence-corrected chi connectivity index (χ1v) is 13.1. The van der Waals surface area contributed by atoms with E-state index in [-0.39, 0.29) is 23.6 Å². The molecule has 2 aliphatic rings. The number of pyridine rings is 1. The van der Waals surface area contributed by atoms with Gasteiger partial charge < -0.3 is 14.8 Å². The highest BCUT2D eigenvalue weighted by Gasteiger charge is 2.49. The van der Waals surface area contributed by atoms with E-state index in [0.29, 0.717) is 19.3 Å². The number of rotatable bonds is 7. The van der Waals surface area contributed by atoms with E-state index in [1.807, 2.05) is 23.1 Å². The molecule has 40 heavy (non-hydrogen) atoms. The van der Waals surface area contributed by atoms with Crippen LogP contribution in [-0.2, 0) is 18.3 Å². The van der Waals surface area contributed by atoms with Crippen molar-refractivity contribution in [3.05, 3.63) is 54.4 Å². The van der Waals surface area contributed by atoms with Crippen molar-refractivity contribution in [1.82, 2.24) is 34.6 Å². The SMILES string of the molecule is N#CCC1(n2cc(-c3ncnc4[nH]ccc34)cn2)CC(N2CCC(Oc3cc(CO)cc(C(F)(F)F)n3)CC2)C1. The molecule has 4 aromatic rings. The van der Waals surface area contributed by atoms with Crippen LogP contribution in [0.25, 0.3) is 22.3 Å². The van der Waals surface area contributed by atoms with Gasteiger partial charge in [-0.25, -0.2) is 15.0 Å². The molecule has 1 aliphatic heterocycles. The van der Waals surface area contributed by atoms with Gasteiger partial charge in [-0.2, -0.15) is 23.5 Å². The van der Waals surface area contributed by atoms with Gasteiger partial charge in [-0.15, -0.1) is 0 Å². The number of piperidine rings is 1. The normalized spacial score (nSPS) is 22.2. The van der Waals surface area contributed by atoms with Crippen LogP contribution in [0.5, 0.6) is 5.88 Å². The third kappa shape index (κ3) is 4.89. The minimum atomic E-state index is -4.62. The number of aliphatic hydroxyl groups excluding tert-OH is 1. The molecule has 1 saturated carbocycles. The second-order valence-corrected chi connectivity index (χ2v) is 10.5. The molecular weight excluding hydrogens is 525 g/mol. The number of H-pyrrole nitrogens is 1. The first kappa shape index (κ1) is 26.2. The molecule has 1 saturated heterocycles. The molecule has 13 heteroatoms. The van der Waals surface area contributed by atoms with Crippen LogP contribution in [0.2, 0.25) is 0 Å². The van der Waals surface area contributed by atoms with E-state index in [1.54, 1.807) is 6.20 Å². The Hall–Kier alpha value is -4.02. The molecule has 4 aromatic heterocycles. The predicted molar refractivity (Wildman–Crippen MR) is 137 cm³/mol. The van der Waals surface area contributed by atoms with Gasteiger partial charge in [0.1, 0.15) is 23.8 Å². The fraction of sp³-hybridized carbons (Fsp3) is 0.444. The maximum absolute atomic E-state index is 13.2. The van der Waals surface area contributed by atoms with Gasteiger partial charge in [0.15, 0.2) is 0 Å². The Bertz CT molecular complexity index is 1550. The molecule has 1 aliphatic carbocycles. The zero-order valence-corrected chi connectivity index (χ0v) is 21.5. The van der Waals surface area contributed by atoms with Crippen molar-refractivity contribution in [2.45, 2.75) is 62.6 Å². The van der Waals surface area contributed by atoms with Crippen molar-refractivity contribution >= 4 is 11.0 Å². The third-order valence-corrected chi connectivity index (χ3v) is 7.95. The first-order chi connectivity index (χ1) is 19.3. The Morgan fingerprint density at radius 2 is 2.00 bits per heavy atom. The van der Waals surface area contributed by atoms with Crippen LogP contribution in [0.15, 0.2) is 43.1 Å². The molecule has 10 nitrogen and oxygen atoms in total. The van der Waals surface area contributed by atoms with Crippen LogP contribution in [0, 0.1) is 11.3 Å². The third-order valence-electron chi connectivity index (χ3n) is 7.95. The molecule has 6 rings (SSSR count). The number of ether oxygens (including phenoxy) is 1. The van der Waals surface area contributed by atoms with Crippen molar-refractivity contribution in [3.63, 3.8) is 0 Å². The topological polar surface area (TPSA) is 129 Å². The highest BCUT2D eigenvalue weighted by molar-refractivity contribution is 5.90. The molecule has 0 radical (unpaired) electrons. The second kappa shape index (κ2) is 10.2. The highest BCUT2D eigenvalue weighted by Crippen LogP contribution is 2.45. The number of hydrogen-bond donors (Lipinski definition) is 2. The summed E-state index contributed by atoms with van der Waals surface area (Å²) in [6.45, 7) is 0.918. The minimum absolute atomic E-state index is 0.108. The van der Waals surface area contributed by atoms with E-state index in [1.165, 1.54) is 12.4 Å².